The van der Waals surface area contributed by atoms with Crippen molar-refractivity contribution in [3.8, 4) is 17.2 Å². The molecule has 2 aromatic rings. The van der Waals surface area contributed by atoms with Crippen molar-refractivity contribution in [2.24, 2.45) is 0 Å². The minimum atomic E-state index is -0.773. The number of Topliss-reactive ketones (excluding diaryl/α,β-unsaturated/α-hetero) is 1. The molecule has 0 amide bonds. The van der Waals surface area contributed by atoms with Crippen LogP contribution in [0.2, 0.25) is 0 Å². The molecule has 0 aromatic heterocycles. The lowest BCUT2D eigenvalue weighted by atomic mass is 10.1. The lowest BCUT2D eigenvalue weighted by Gasteiger charge is -2.15. The van der Waals surface area contributed by atoms with Crippen LogP contribution in [-0.4, -0.2) is 31.1 Å². The Hall–Kier alpha value is -3.28. The van der Waals surface area contributed by atoms with Crippen molar-refractivity contribution in [2.45, 2.75) is 26.9 Å². The molecule has 1 aliphatic heterocycles. The van der Waals surface area contributed by atoms with Gasteiger partial charge in [0.15, 0.2) is 11.9 Å². The van der Waals surface area contributed by atoms with Gasteiger partial charge in [-0.3, -0.25) is 4.79 Å². The highest BCUT2D eigenvalue weighted by Crippen LogP contribution is 2.35. The van der Waals surface area contributed by atoms with Gasteiger partial charge in [0.2, 0.25) is 5.78 Å². The quantitative estimate of drug-likeness (QED) is 0.532. The smallest absolute Gasteiger partial charge is 0.347 e. The van der Waals surface area contributed by atoms with E-state index in [0.717, 1.165) is 0 Å². The van der Waals surface area contributed by atoms with E-state index in [2.05, 4.69) is 0 Å². The van der Waals surface area contributed by atoms with E-state index in [1.807, 2.05) is 13.0 Å². The summed E-state index contributed by atoms with van der Waals surface area (Å²) in [7, 11) is 0. The molecular formula is C22H22O6. The standard InChI is InChI=1S/C22H22O6/c1-4-25-16-10-11-17-19(13-16)28-20(21(17)23)12-15-8-6-7-9-18(15)27-14(3)22(24)26-5-2/h6-14H,4-5H2,1-3H3/b20-12-/t14-/m1/s1. The summed E-state index contributed by atoms with van der Waals surface area (Å²) in [6.45, 7) is 6.05. The van der Waals surface area contributed by atoms with E-state index in [1.54, 1.807) is 56.3 Å². The van der Waals surface area contributed by atoms with Gasteiger partial charge in [0.1, 0.15) is 17.2 Å². The molecule has 0 saturated heterocycles. The minimum Gasteiger partial charge on any atom is -0.494 e. The number of carbonyl (C=O) groups excluding carboxylic acids is 2. The Labute approximate surface area is 163 Å². The summed E-state index contributed by atoms with van der Waals surface area (Å²) >= 11 is 0. The first kappa shape index (κ1) is 19.5. The normalized spacial score (nSPS) is 15.0. The van der Waals surface area contributed by atoms with Crippen molar-refractivity contribution in [1.82, 2.24) is 0 Å². The third-order valence-electron chi connectivity index (χ3n) is 4.08. The molecule has 0 N–H and O–H groups in total. The fraction of sp³-hybridized carbons (Fsp3) is 0.273. The van der Waals surface area contributed by atoms with Gasteiger partial charge in [-0.1, -0.05) is 18.2 Å². The van der Waals surface area contributed by atoms with Crippen molar-refractivity contribution >= 4 is 17.8 Å². The van der Waals surface area contributed by atoms with Crippen LogP contribution in [0.15, 0.2) is 48.2 Å². The maximum absolute atomic E-state index is 12.6. The van der Waals surface area contributed by atoms with Gasteiger partial charge in [0.25, 0.3) is 0 Å². The van der Waals surface area contributed by atoms with Gasteiger partial charge < -0.3 is 18.9 Å². The predicted octanol–water partition coefficient (Wildman–Crippen LogP) is 4.03. The Kier molecular flexibility index (Phi) is 5.99. The molecule has 3 rings (SSSR count). The lowest BCUT2D eigenvalue weighted by molar-refractivity contribution is -0.150. The molecule has 0 saturated carbocycles. The zero-order chi connectivity index (χ0) is 20.1. The van der Waals surface area contributed by atoms with Crippen LogP contribution in [0.1, 0.15) is 36.7 Å². The van der Waals surface area contributed by atoms with Crippen molar-refractivity contribution in [2.75, 3.05) is 13.2 Å². The largest absolute Gasteiger partial charge is 0.494 e. The number of benzene rings is 2. The van der Waals surface area contributed by atoms with Crippen LogP contribution in [0.3, 0.4) is 0 Å². The molecule has 0 spiro atoms. The molecule has 0 bridgehead atoms. The van der Waals surface area contributed by atoms with Gasteiger partial charge in [0.05, 0.1) is 18.8 Å². The summed E-state index contributed by atoms with van der Waals surface area (Å²) in [5, 5.41) is 0. The number of hydrogen-bond donors (Lipinski definition) is 0. The van der Waals surface area contributed by atoms with E-state index in [0.29, 0.717) is 35.0 Å². The Balaban J connectivity index is 1.84. The van der Waals surface area contributed by atoms with E-state index in [-0.39, 0.29) is 18.1 Å². The highest BCUT2D eigenvalue weighted by Gasteiger charge is 2.28. The summed E-state index contributed by atoms with van der Waals surface area (Å²) in [6.07, 6.45) is 0.834. The SMILES string of the molecule is CCOC(=O)[C@@H](C)Oc1ccccc1/C=C1\Oc2cc(OCC)ccc2C1=O. The molecule has 1 atom stereocenters. The van der Waals surface area contributed by atoms with Crippen LogP contribution in [0.25, 0.3) is 6.08 Å². The molecule has 0 radical (unpaired) electrons. The number of hydrogen-bond acceptors (Lipinski definition) is 6. The number of para-hydroxylation sites is 1. The van der Waals surface area contributed by atoms with Gasteiger partial charge in [-0.15, -0.1) is 0 Å². The molecule has 0 aliphatic carbocycles. The average Bonchev–Trinajstić information content (AvgIpc) is 2.99. The molecule has 0 fully saturated rings. The maximum Gasteiger partial charge on any atom is 0.347 e. The summed E-state index contributed by atoms with van der Waals surface area (Å²) in [4.78, 5) is 24.5. The Morgan fingerprint density at radius 2 is 1.93 bits per heavy atom. The van der Waals surface area contributed by atoms with Gasteiger partial charge in [0, 0.05) is 11.6 Å². The van der Waals surface area contributed by atoms with Gasteiger partial charge in [-0.2, -0.15) is 0 Å². The van der Waals surface area contributed by atoms with Crippen LogP contribution in [-0.2, 0) is 9.53 Å². The number of rotatable bonds is 7. The minimum absolute atomic E-state index is 0.184. The van der Waals surface area contributed by atoms with Crippen molar-refractivity contribution in [3.63, 3.8) is 0 Å². The van der Waals surface area contributed by atoms with Crippen molar-refractivity contribution in [1.29, 1.82) is 0 Å². The Bertz CT molecular complexity index is 915. The van der Waals surface area contributed by atoms with E-state index >= 15 is 0 Å². The van der Waals surface area contributed by atoms with Crippen LogP contribution >= 0.6 is 0 Å². The third kappa shape index (κ3) is 4.17. The second kappa shape index (κ2) is 8.61. The molecule has 146 valence electrons. The van der Waals surface area contributed by atoms with Crippen LogP contribution in [0.4, 0.5) is 0 Å². The van der Waals surface area contributed by atoms with Crippen LogP contribution in [0, 0.1) is 0 Å². The number of ether oxygens (including phenoxy) is 4. The van der Waals surface area contributed by atoms with Crippen LogP contribution < -0.4 is 14.2 Å². The molecule has 1 aliphatic rings. The Morgan fingerprint density at radius 1 is 1.14 bits per heavy atom. The predicted molar refractivity (Wildman–Crippen MR) is 104 cm³/mol. The van der Waals surface area contributed by atoms with Gasteiger partial charge in [-0.25, -0.2) is 4.79 Å². The first-order chi connectivity index (χ1) is 13.5. The fourth-order valence-electron chi connectivity index (χ4n) is 2.77. The zero-order valence-corrected chi connectivity index (χ0v) is 16.1. The second-order valence-electron chi connectivity index (χ2n) is 6.08. The molecule has 28 heavy (non-hydrogen) atoms. The summed E-state index contributed by atoms with van der Waals surface area (Å²) in [5.74, 6) is 1.07. The van der Waals surface area contributed by atoms with Gasteiger partial charge in [-0.05, 0) is 45.0 Å². The van der Waals surface area contributed by atoms with Crippen molar-refractivity contribution in [3.05, 3.63) is 59.4 Å². The number of ketones is 1. The second-order valence-corrected chi connectivity index (χ2v) is 6.08. The molecule has 2 aromatic carbocycles. The van der Waals surface area contributed by atoms with E-state index in [9.17, 15) is 9.59 Å². The highest BCUT2D eigenvalue weighted by molar-refractivity contribution is 6.14. The fourth-order valence-corrected chi connectivity index (χ4v) is 2.77. The molecule has 0 unspecified atom stereocenters. The summed E-state index contributed by atoms with van der Waals surface area (Å²) in [6, 6.07) is 12.2. The summed E-state index contributed by atoms with van der Waals surface area (Å²) < 4.78 is 21.9. The van der Waals surface area contributed by atoms with E-state index in [1.165, 1.54) is 0 Å². The number of allylic oxidation sites excluding steroid dienone is 1. The maximum atomic E-state index is 12.6. The number of esters is 1. The highest BCUT2D eigenvalue weighted by atomic mass is 16.6. The lowest BCUT2D eigenvalue weighted by Crippen LogP contribution is -2.26. The first-order valence-electron chi connectivity index (χ1n) is 9.16. The summed E-state index contributed by atoms with van der Waals surface area (Å²) in [5.41, 5.74) is 1.10. The van der Waals surface area contributed by atoms with E-state index in [4.69, 9.17) is 18.9 Å². The Morgan fingerprint density at radius 3 is 2.68 bits per heavy atom. The zero-order valence-electron chi connectivity index (χ0n) is 16.1. The van der Waals surface area contributed by atoms with Gasteiger partial charge >= 0.3 is 5.97 Å². The average molecular weight is 382 g/mol. The van der Waals surface area contributed by atoms with Crippen LogP contribution in [0.5, 0.6) is 17.2 Å². The van der Waals surface area contributed by atoms with E-state index < -0.39 is 12.1 Å². The third-order valence-corrected chi connectivity index (χ3v) is 4.08. The number of fused-ring (bicyclic) bond motifs is 1. The molecular weight excluding hydrogens is 360 g/mol. The first-order valence-corrected chi connectivity index (χ1v) is 9.16. The molecule has 1 heterocycles. The molecule has 6 nitrogen and oxygen atoms in total. The van der Waals surface area contributed by atoms with Crippen molar-refractivity contribution < 1.29 is 28.5 Å². The monoisotopic (exact) mass is 382 g/mol. The molecule has 6 heteroatoms. The number of carbonyl (C=O) groups is 2. The topological polar surface area (TPSA) is 71.1 Å².